The molecule has 0 aliphatic carbocycles. The topological polar surface area (TPSA) is 71.8 Å². The fourth-order valence-corrected chi connectivity index (χ4v) is 4.16. The second kappa shape index (κ2) is 8.32. The van der Waals surface area contributed by atoms with E-state index in [1.807, 2.05) is 42.5 Å². The van der Waals surface area contributed by atoms with Crippen LogP contribution in [0, 0.1) is 0 Å². The highest BCUT2D eigenvalue weighted by Crippen LogP contribution is 2.30. The van der Waals surface area contributed by atoms with E-state index in [4.69, 9.17) is 9.15 Å². The van der Waals surface area contributed by atoms with Crippen LogP contribution in [0.5, 0.6) is 0 Å². The summed E-state index contributed by atoms with van der Waals surface area (Å²) in [5.74, 6) is -0.185. The van der Waals surface area contributed by atoms with Crippen LogP contribution < -0.4 is 10.2 Å². The van der Waals surface area contributed by atoms with E-state index in [1.165, 1.54) is 5.56 Å². The maximum absolute atomic E-state index is 13.0. The highest BCUT2D eigenvalue weighted by atomic mass is 16.5. The number of nitrogens with zero attached hydrogens (tertiary/aromatic N) is 1. The third kappa shape index (κ3) is 3.55. The first-order chi connectivity index (χ1) is 15.7. The van der Waals surface area contributed by atoms with Crippen molar-refractivity contribution < 1.29 is 18.7 Å². The number of benzene rings is 3. The highest BCUT2D eigenvalue weighted by Gasteiger charge is 2.25. The number of furan rings is 1. The standard InChI is InChI=1S/C26H22N2O4/c1-31-16-21-20-7-3-5-9-23(20)32-24(21)25(29)27-19-12-10-18(11-13-19)26(30)28-15-14-17-6-2-4-8-22(17)28/h2-13H,14-16H2,1H3,(H,27,29). The Morgan fingerprint density at radius 1 is 1.00 bits per heavy atom. The van der Waals surface area contributed by atoms with Crippen LogP contribution in [0.3, 0.4) is 0 Å². The number of anilines is 2. The average Bonchev–Trinajstić information content (AvgIpc) is 3.41. The van der Waals surface area contributed by atoms with Crippen LogP contribution in [0.1, 0.15) is 32.0 Å². The molecule has 0 fully saturated rings. The number of amides is 2. The maximum Gasteiger partial charge on any atom is 0.291 e. The summed E-state index contributed by atoms with van der Waals surface area (Å²) in [4.78, 5) is 27.7. The van der Waals surface area contributed by atoms with Gasteiger partial charge in [-0.2, -0.15) is 0 Å². The number of carbonyl (C=O) groups excluding carboxylic acids is 2. The SMILES string of the molecule is COCc1c(C(=O)Nc2ccc(C(=O)N3CCc4ccccc43)cc2)oc2ccccc12. The third-order valence-electron chi connectivity index (χ3n) is 5.72. The lowest BCUT2D eigenvalue weighted by Gasteiger charge is -2.17. The molecule has 6 nitrogen and oxygen atoms in total. The smallest absolute Gasteiger partial charge is 0.291 e. The fraction of sp³-hybridized carbons (Fsp3) is 0.154. The Kier molecular flexibility index (Phi) is 5.21. The number of methoxy groups -OCH3 is 1. The van der Waals surface area contributed by atoms with Gasteiger partial charge in [-0.25, -0.2) is 0 Å². The Bertz CT molecular complexity index is 1310. The maximum atomic E-state index is 13.0. The van der Waals surface area contributed by atoms with Crippen LogP contribution in [0.15, 0.2) is 77.2 Å². The van der Waals surface area contributed by atoms with Crippen molar-refractivity contribution in [3.05, 3.63) is 95.2 Å². The number of para-hydroxylation sites is 2. The quantitative estimate of drug-likeness (QED) is 0.486. The molecule has 2 amide bonds. The predicted molar refractivity (Wildman–Crippen MR) is 123 cm³/mol. The molecule has 1 aliphatic heterocycles. The first-order valence-corrected chi connectivity index (χ1v) is 10.5. The van der Waals surface area contributed by atoms with E-state index in [1.54, 1.807) is 36.3 Å². The average molecular weight is 426 g/mol. The second-order valence-electron chi connectivity index (χ2n) is 7.71. The molecule has 0 saturated heterocycles. The molecule has 0 atom stereocenters. The lowest BCUT2D eigenvalue weighted by molar-refractivity contribution is 0.0984. The van der Waals surface area contributed by atoms with Crippen LogP contribution >= 0.6 is 0 Å². The number of carbonyl (C=O) groups is 2. The Morgan fingerprint density at radius 2 is 1.75 bits per heavy atom. The van der Waals surface area contributed by atoms with Crippen LogP contribution in [0.25, 0.3) is 11.0 Å². The van der Waals surface area contributed by atoms with Gasteiger partial charge in [-0.3, -0.25) is 9.59 Å². The normalized spacial score (nSPS) is 12.7. The summed E-state index contributed by atoms with van der Waals surface area (Å²) in [6.45, 7) is 0.940. The van der Waals surface area contributed by atoms with Gasteiger partial charge in [-0.05, 0) is 48.4 Å². The first-order valence-electron chi connectivity index (χ1n) is 10.5. The second-order valence-corrected chi connectivity index (χ2v) is 7.71. The Morgan fingerprint density at radius 3 is 2.56 bits per heavy atom. The number of ether oxygens (including phenoxy) is 1. The van der Waals surface area contributed by atoms with Crippen LogP contribution in [-0.4, -0.2) is 25.5 Å². The number of hydrogen-bond acceptors (Lipinski definition) is 4. The molecule has 1 aromatic heterocycles. The summed E-state index contributed by atoms with van der Waals surface area (Å²) in [6.07, 6.45) is 0.858. The van der Waals surface area contributed by atoms with E-state index in [0.717, 1.165) is 17.5 Å². The molecule has 0 saturated carbocycles. The minimum absolute atomic E-state index is 0.0486. The minimum Gasteiger partial charge on any atom is -0.451 e. The highest BCUT2D eigenvalue weighted by molar-refractivity contribution is 6.09. The molecule has 32 heavy (non-hydrogen) atoms. The van der Waals surface area contributed by atoms with E-state index in [9.17, 15) is 9.59 Å². The van der Waals surface area contributed by atoms with Crippen molar-refractivity contribution in [2.45, 2.75) is 13.0 Å². The summed E-state index contributed by atoms with van der Waals surface area (Å²) >= 11 is 0. The van der Waals surface area contributed by atoms with E-state index in [-0.39, 0.29) is 24.2 Å². The molecule has 5 rings (SSSR count). The molecule has 0 unspecified atom stereocenters. The zero-order chi connectivity index (χ0) is 22.1. The summed E-state index contributed by atoms with van der Waals surface area (Å²) < 4.78 is 11.1. The van der Waals surface area contributed by atoms with Gasteiger partial charge in [0, 0.05) is 41.5 Å². The summed E-state index contributed by atoms with van der Waals surface area (Å²) in [5.41, 5.74) is 4.64. The van der Waals surface area contributed by atoms with Gasteiger partial charge >= 0.3 is 0 Å². The van der Waals surface area contributed by atoms with E-state index in [0.29, 0.717) is 28.9 Å². The fourth-order valence-electron chi connectivity index (χ4n) is 4.16. The van der Waals surface area contributed by atoms with E-state index in [2.05, 4.69) is 11.4 Å². The summed E-state index contributed by atoms with van der Waals surface area (Å²) in [7, 11) is 1.58. The lowest BCUT2D eigenvalue weighted by atomic mass is 10.1. The van der Waals surface area contributed by atoms with Gasteiger partial charge in [-0.15, -0.1) is 0 Å². The molecular formula is C26H22N2O4. The zero-order valence-corrected chi connectivity index (χ0v) is 17.6. The molecule has 4 aromatic rings. The number of hydrogen-bond donors (Lipinski definition) is 1. The number of fused-ring (bicyclic) bond motifs is 2. The summed E-state index contributed by atoms with van der Waals surface area (Å²) in [6, 6.07) is 22.4. The molecule has 2 heterocycles. The van der Waals surface area contributed by atoms with Gasteiger partial charge in [-0.1, -0.05) is 36.4 Å². The van der Waals surface area contributed by atoms with Crippen molar-refractivity contribution in [1.82, 2.24) is 0 Å². The van der Waals surface area contributed by atoms with Gasteiger partial charge in [0.2, 0.25) is 0 Å². The molecule has 3 aromatic carbocycles. The van der Waals surface area contributed by atoms with Gasteiger partial charge in [0.1, 0.15) is 5.58 Å². The zero-order valence-electron chi connectivity index (χ0n) is 17.6. The molecule has 6 heteroatoms. The van der Waals surface area contributed by atoms with Crippen molar-refractivity contribution in [1.29, 1.82) is 0 Å². The Hall–Kier alpha value is -3.90. The molecule has 0 spiro atoms. The van der Waals surface area contributed by atoms with Crippen LogP contribution in [-0.2, 0) is 17.8 Å². The molecule has 160 valence electrons. The predicted octanol–water partition coefficient (Wildman–Crippen LogP) is 5.03. The minimum atomic E-state index is -0.360. The molecule has 1 aliphatic rings. The molecule has 1 N–H and O–H groups in total. The summed E-state index contributed by atoms with van der Waals surface area (Å²) in [5, 5.41) is 3.71. The van der Waals surface area contributed by atoms with Gasteiger partial charge in [0.05, 0.1) is 6.61 Å². The third-order valence-corrected chi connectivity index (χ3v) is 5.72. The van der Waals surface area contributed by atoms with E-state index < -0.39 is 0 Å². The first kappa shape index (κ1) is 20.0. The lowest BCUT2D eigenvalue weighted by Crippen LogP contribution is -2.28. The monoisotopic (exact) mass is 426 g/mol. The molecule has 0 bridgehead atoms. The van der Waals surface area contributed by atoms with Crippen molar-refractivity contribution in [2.24, 2.45) is 0 Å². The van der Waals surface area contributed by atoms with Gasteiger partial charge in [0.25, 0.3) is 11.8 Å². The van der Waals surface area contributed by atoms with Crippen molar-refractivity contribution in [3.63, 3.8) is 0 Å². The van der Waals surface area contributed by atoms with Crippen molar-refractivity contribution in [2.75, 3.05) is 23.9 Å². The number of nitrogens with one attached hydrogen (secondary N) is 1. The van der Waals surface area contributed by atoms with Gasteiger partial charge in [0.15, 0.2) is 5.76 Å². The van der Waals surface area contributed by atoms with Gasteiger partial charge < -0.3 is 19.4 Å². The van der Waals surface area contributed by atoms with Crippen LogP contribution in [0.4, 0.5) is 11.4 Å². The molecular weight excluding hydrogens is 404 g/mol. The Labute approximate surface area is 185 Å². The largest absolute Gasteiger partial charge is 0.451 e. The molecule has 0 radical (unpaired) electrons. The number of rotatable bonds is 5. The van der Waals surface area contributed by atoms with Crippen molar-refractivity contribution in [3.8, 4) is 0 Å². The van der Waals surface area contributed by atoms with E-state index >= 15 is 0 Å². The Balaban J connectivity index is 1.34. The van der Waals surface area contributed by atoms with Crippen LogP contribution in [0.2, 0.25) is 0 Å². The van der Waals surface area contributed by atoms with Crippen molar-refractivity contribution >= 4 is 34.2 Å².